The second-order valence-corrected chi connectivity index (χ2v) is 6.86. The van der Waals surface area contributed by atoms with E-state index in [9.17, 15) is 19.5 Å². The van der Waals surface area contributed by atoms with Crippen LogP contribution in [-0.2, 0) is 15.5 Å². The molecule has 0 saturated carbocycles. The highest BCUT2D eigenvalue weighted by Crippen LogP contribution is 2.16. The summed E-state index contributed by atoms with van der Waals surface area (Å²) < 4.78 is 0. The van der Waals surface area contributed by atoms with E-state index in [1.54, 1.807) is 20.8 Å². The molecule has 0 radical (unpaired) electrons. The Hall–Kier alpha value is -1.35. The molecule has 1 rings (SSSR count). The number of aromatic carboxylic acids is 1. The predicted octanol–water partition coefficient (Wildman–Crippen LogP) is 2.31. The molecule has 0 aliphatic carbocycles. The number of carboxylic acid groups (broad SMARTS) is 1. The van der Waals surface area contributed by atoms with Crippen LogP contribution in [0.2, 0.25) is 0 Å². The number of carbonyl (C=O) groups excluding carboxylic acids is 2. The fraction of sp³-hybridized carbons (Fsp3) is 0.500. The summed E-state index contributed by atoms with van der Waals surface area (Å²) in [6, 6.07) is 0. The van der Waals surface area contributed by atoms with E-state index >= 15 is 0 Å². The zero-order chi connectivity index (χ0) is 17.8. The summed E-state index contributed by atoms with van der Waals surface area (Å²) in [7, 11) is 0. The molecule has 1 heterocycles. The SMILES string of the molecule is CC(C)(C)C(=O)CNC(=O)c1nc(CBr)c(CBr)nc1C(=O)O. The van der Waals surface area contributed by atoms with Gasteiger partial charge in [0.15, 0.2) is 17.2 Å². The molecule has 7 nitrogen and oxygen atoms in total. The third-order valence-corrected chi connectivity index (χ3v) is 4.03. The van der Waals surface area contributed by atoms with Crippen molar-refractivity contribution in [3.63, 3.8) is 0 Å². The first-order valence-electron chi connectivity index (χ1n) is 6.68. The van der Waals surface area contributed by atoms with Crippen LogP contribution in [0.3, 0.4) is 0 Å². The van der Waals surface area contributed by atoms with E-state index in [1.165, 1.54) is 0 Å². The first-order valence-corrected chi connectivity index (χ1v) is 8.92. The molecule has 1 aromatic heterocycles. The van der Waals surface area contributed by atoms with Crippen LogP contribution >= 0.6 is 31.9 Å². The number of carbonyl (C=O) groups is 3. The van der Waals surface area contributed by atoms with Gasteiger partial charge < -0.3 is 10.4 Å². The van der Waals surface area contributed by atoms with E-state index < -0.39 is 23.0 Å². The number of halogens is 2. The second-order valence-electron chi connectivity index (χ2n) is 5.74. The van der Waals surface area contributed by atoms with Crippen LogP contribution in [-0.4, -0.2) is 39.3 Å². The maximum atomic E-state index is 12.2. The molecule has 0 aliphatic rings. The van der Waals surface area contributed by atoms with Gasteiger partial charge in [0.05, 0.1) is 17.9 Å². The molecule has 0 fully saturated rings. The summed E-state index contributed by atoms with van der Waals surface area (Å²) >= 11 is 6.43. The lowest BCUT2D eigenvalue weighted by atomic mass is 9.91. The molecule has 9 heteroatoms. The van der Waals surface area contributed by atoms with Gasteiger partial charge in [0.2, 0.25) is 0 Å². The number of carboxylic acids is 1. The van der Waals surface area contributed by atoms with Gasteiger partial charge in [-0.15, -0.1) is 0 Å². The summed E-state index contributed by atoms with van der Waals surface area (Å²) in [5.41, 5.74) is -0.459. The van der Waals surface area contributed by atoms with Crippen molar-refractivity contribution in [3.05, 3.63) is 22.8 Å². The molecule has 0 saturated heterocycles. The number of alkyl halides is 2. The van der Waals surface area contributed by atoms with Crippen molar-refractivity contribution in [2.45, 2.75) is 31.4 Å². The minimum Gasteiger partial charge on any atom is -0.476 e. The van der Waals surface area contributed by atoms with Crippen molar-refractivity contribution in [2.75, 3.05) is 6.54 Å². The van der Waals surface area contributed by atoms with Gasteiger partial charge in [0.25, 0.3) is 5.91 Å². The van der Waals surface area contributed by atoms with Crippen molar-refractivity contribution in [3.8, 4) is 0 Å². The molecule has 0 spiro atoms. The third kappa shape index (κ3) is 5.07. The zero-order valence-corrected chi connectivity index (χ0v) is 16.1. The number of Topliss-reactive ketones (excluding diaryl/α,β-unsaturated/α-hetero) is 1. The Bertz CT molecular complexity index is 642. The molecule has 0 aliphatic heterocycles. The summed E-state index contributed by atoms with van der Waals surface area (Å²) in [6.07, 6.45) is 0. The molecule has 1 aromatic rings. The highest BCUT2D eigenvalue weighted by Gasteiger charge is 2.25. The van der Waals surface area contributed by atoms with E-state index in [0.717, 1.165) is 0 Å². The number of aromatic nitrogens is 2. The minimum atomic E-state index is -1.35. The van der Waals surface area contributed by atoms with Crippen LogP contribution in [0, 0.1) is 5.41 Å². The predicted molar refractivity (Wildman–Crippen MR) is 91.0 cm³/mol. The van der Waals surface area contributed by atoms with Gasteiger partial charge in [-0.05, 0) is 0 Å². The van der Waals surface area contributed by atoms with Crippen molar-refractivity contribution in [1.29, 1.82) is 0 Å². The maximum Gasteiger partial charge on any atom is 0.356 e. The van der Waals surface area contributed by atoms with Crippen LogP contribution in [0.5, 0.6) is 0 Å². The fourth-order valence-electron chi connectivity index (χ4n) is 1.54. The Morgan fingerprint density at radius 1 is 1.04 bits per heavy atom. The topological polar surface area (TPSA) is 109 Å². The smallest absolute Gasteiger partial charge is 0.356 e. The van der Waals surface area contributed by atoms with Gasteiger partial charge in [-0.1, -0.05) is 52.6 Å². The number of hydrogen-bond donors (Lipinski definition) is 2. The third-order valence-electron chi connectivity index (χ3n) is 2.97. The van der Waals surface area contributed by atoms with Gasteiger partial charge in [0, 0.05) is 16.1 Å². The Labute approximate surface area is 150 Å². The largest absolute Gasteiger partial charge is 0.476 e. The minimum absolute atomic E-state index is 0.173. The fourth-order valence-corrected chi connectivity index (χ4v) is 2.43. The molecular formula is C14H17Br2N3O4. The van der Waals surface area contributed by atoms with E-state index in [1.807, 2.05) is 0 Å². The highest BCUT2D eigenvalue weighted by atomic mass is 79.9. The van der Waals surface area contributed by atoms with Crippen LogP contribution in [0.4, 0.5) is 0 Å². The van der Waals surface area contributed by atoms with Crippen molar-refractivity contribution < 1.29 is 19.5 Å². The molecule has 0 aromatic carbocycles. The van der Waals surface area contributed by atoms with Crippen molar-refractivity contribution in [1.82, 2.24) is 15.3 Å². The summed E-state index contributed by atoms with van der Waals surface area (Å²) in [6.45, 7) is 5.00. The molecule has 0 unspecified atom stereocenters. The maximum absolute atomic E-state index is 12.2. The van der Waals surface area contributed by atoms with Gasteiger partial charge in [0.1, 0.15) is 0 Å². The standard InChI is InChI=1S/C14H17Br2N3O4/c1-14(2,3)9(20)6-17-12(21)10-11(13(22)23)19-8(5-16)7(4-15)18-10/h4-6H2,1-3H3,(H,17,21)(H,22,23). The van der Waals surface area contributed by atoms with E-state index in [2.05, 4.69) is 47.1 Å². The van der Waals surface area contributed by atoms with Gasteiger partial charge in [-0.25, -0.2) is 14.8 Å². The highest BCUT2D eigenvalue weighted by molar-refractivity contribution is 9.09. The Balaban J connectivity index is 3.12. The molecule has 126 valence electrons. The number of nitrogens with one attached hydrogen (secondary N) is 1. The van der Waals surface area contributed by atoms with Gasteiger partial charge >= 0.3 is 5.97 Å². The van der Waals surface area contributed by atoms with Crippen molar-refractivity contribution >= 4 is 49.5 Å². The van der Waals surface area contributed by atoms with E-state index in [4.69, 9.17) is 0 Å². The van der Waals surface area contributed by atoms with Crippen LogP contribution in [0.15, 0.2) is 0 Å². The molecule has 2 N–H and O–H groups in total. The molecule has 0 bridgehead atoms. The number of hydrogen-bond acceptors (Lipinski definition) is 5. The summed E-state index contributed by atoms with van der Waals surface area (Å²) in [5, 5.41) is 12.3. The lowest BCUT2D eigenvalue weighted by molar-refractivity contribution is -0.125. The molecule has 0 atom stereocenters. The first-order chi connectivity index (χ1) is 10.6. The van der Waals surface area contributed by atoms with Gasteiger partial charge in [-0.3, -0.25) is 9.59 Å². The quantitative estimate of drug-likeness (QED) is 0.643. The van der Waals surface area contributed by atoms with Crippen molar-refractivity contribution in [2.24, 2.45) is 5.41 Å². The van der Waals surface area contributed by atoms with Crippen LogP contribution in [0.25, 0.3) is 0 Å². The Kier molecular flexibility index (Phi) is 6.82. The molecule has 1 amide bonds. The van der Waals surface area contributed by atoms with Gasteiger partial charge in [-0.2, -0.15) is 0 Å². The zero-order valence-electron chi connectivity index (χ0n) is 12.9. The molecule has 23 heavy (non-hydrogen) atoms. The first kappa shape index (κ1) is 19.7. The monoisotopic (exact) mass is 449 g/mol. The number of rotatable bonds is 6. The number of ketones is 1. The average molecular weight is 451 g/mol. The van der Waals surface area contributed by atoms with E-state index in [0.29, 0.717) is 22.0 Å². The summed E-state index contributed by atoms with van der Waals surface area (Å²) in [5.74, 6) is -2.27. The lowest BCUT2D eigenvalue weighted by Crippen LogP contribution is -2.37. The van der Waals surface area contributed by atoms with Crippen LogP contribution in [0.1, 0.15) is 53.1 Å². The summed E-state index contributed by atoms with van der Waals surface area (Å²) in [4.78, 5) is 43.4. The Morgan fingerprint density at radius 2 is 1.52 bits per heavy atom. The van der Waals surface area contributed by atoms with E-state index in [-0.39, 0.29) is 18.0 Å². The normalized spacial score (nSPS) is 11.2. The lowest BCUT2D eigenvalue weighted by Gasteiger charge is -2.17. The second kappa shape index (κ2) is 7.96. The number of amides is 1. The average Bonchev–Trinajstić information content (AvgIpc) is 2.49. The van der Waals surface area contributed by atoms with Crippen LogP contribution < -0.4 is 5.32 Å². The number of nitrogens with zero attached hydrogens (tertiary/aromatic N) is 2. The molecular weight excluding hydrogens is 434 g/mol. The Morgan fingerprint density at radius 3 is 1.91 bits per heavy atom.